The van der Waals surface area contributed by atoms with Crippen LogP contribution >= 0.6 is 0 Å². The van der Waals surface area contributed by atoms with E-state index in [0.29, 0.717) is 30.8 Å². The lowest BCUT2D eigenvalue weighted by Crippen LogP contribution is -2.56. The Morgan fingerprint density at radius 1 is 0.557 bits per heavy atom. The molecule has 0 fully saturated rings. The quantitative estimate of drug-likeness (QED) is 0.0179. The topological polar surface area (TPSA) is 124 Å². The molecular weight excluding hydrogens is 757 g/mol. The number of carbonyl (C=O) groups excluding carboxylic acids is 1. The van der Waals surface area contributed by atoms with Crippen molar-refractivity contribution in [1.82, 2.24) is 16.0 Å². The molecule has 61 heavy (non-hydrogen) atoms. The zero-order valence-corrected chi connectivity index (χ0v) is 41.3. The number of amides is 1. The van der Waals surface area contributed by atoms with Crippen molar-refractivity contribution in [3.8, 4) is 0 Å². The zero-order chi connectivity index (χ0) is 44.6. The largest absolute Gasteiger partial charge is 0.379 e. The van der Waals surface area contributed by atoms with E-state index >= 15 is 0 Å². The molecule has 0 heterocycles. The smallest absolute Gasteiger partial charge is 0.241 e. The Morgan fingerprint density at radius 2 is 1.00 bits per heavy atom. The molecule has 0 aliphatic carbocycles. The Morgan fingerprint density at radius 3 is 1.49 bits per heavy atom. The number of ether oxygens (including phenoxy) is 2. The lowest BCUT2D eigenvalue weighted by atomic mass is 10.1. The summed E-state index contributed by atoms with van der Waals surface area (Å²) < 4.78 is 13.4. The Labute approximate surface area is 380 Å². The third-order valence-corrected chi connectivity index (χ3v) is 11.7. The summed E-state index contributed by atoms with van der Waals surface area (Å²) >= 11 is 0. The van der Waals surface area contributed by atoms with E-state index in [1.165, 1.54) is 167 Å². The van der Waals surface area contributed by atoms with Crippen molar-refractivity contribution in [1.29, 1.82) is 0 Å². The third kappa shape index (κ3) is 45.1. The maximum Gasteiger partial charge on any atom is 0.241 e. The number of rotatable bonds is 50. The van der Waals surface area contributed by atoms with Gasteiger partial charge in [-0.3, -0.25) is 4.79 Å². The number of unbranched alkanes of at least 4 members (excludes halogenated alkanes) is 24. The van der Waals surface area contributed by atoms with Crippen LogP contribution in [0.15, 0.2) is 24.3 Å². The summed E-state index contributed by atoms with van der Waals surface area (Å²) in [5, 5.41) is 10.1. The average Bonchev–Trinajstić information content (AvgIpc) is 3.25. The molecule has 0 aromatic heterocycles. The second-order valence-electron chi connectivity index (χ2n) is 18.6. The molecule has 0 aliphatic rings. The molecule has 9 nitrogen and oxygen atoms in total. The molecule has 0 bridgehead atoms. The summed E-state index contributed by atoms with van der Waals surface area (Å²) in [6, 6.07) is -0.254. The van der Waals surface area contributed by atoms with Gasteiger partial charge in [0, 0.05) is 13.2 Å². The summed E-state index contributed by atoms with van der Waals surface area (Å²) in [5.41, 5.74) is 11.4. The van der Waals surface area contributed by atoms with Gasteiger partial charge < -0.3 is 41.4 Å². The van der Waals surface area contributed by atoms with E-state index in [4.69, 9.17) is 20.9 Å². The molecule has 0 saturated heterocycles. The van der Waals surface area contributed by atoms with E-state index in [0.717, 1.165) is 71.5 Å². The van der Waals surface area contributed by atoms with E-state index in [1.54, 1.807) is 0 Å². The number of carbonyl (C=O) groups is 1. The predicted octanol–water partition coefficient (Wildman–Crippen LogP) is 11.2. The van der Waals surface area contributed by atoms with Gasteiger partial charge in [0.05, 0.1) is 26.7 Å². The maximum absolute atomic E-state index is 13.4. The van der Waals surface area contributed by atoms with Crippen LogP contribution in [0.4, 0.5) is 0 Å². The number of nitrogens with zero attached hydrogens (tertiary/aromatic N) is 1. The van der Waals surface area contributed by atoms with Crippen molar-refractivity contribution in [2.24, 2.45) is 11.5 Å². The normalized spacial score (nSPS) is 13.2. The Balaban J connectivity index is 4.63. The number of likely N-dealkylation sites (N-methyl/N-ethyl adjacent to an activating group) is 1. The van der Waals surface area contributed by atoms with Gasteiger partial charge in [-0.25, -0.2) is 0 Å². The molecule has 362 valence electrons. The van der Waals surface area contributed by atoms with Crippen LogP contribution in [0.25, 0.3) is 0 Å². The van der Waals surface area contributed by atoms with Crippen molar-refractivity contribution in [3.63, 3.8) is 0 Å². The van der Waals surface area contributed by atoms with E-state index in [9.17, 15) is 4.79 Å². The molecule has 0 saturated carbocycles. The van der Waals surface area contributed by atoms with E-state index in [2.05, 4.69) is 68.2 Å². The fourth-order valence-corrected chi connectivity index (χ4v) is 7.75. The molecule has 1 amide bonds. The molecule has 0 aliphatic heterocycles. The predicted molar refractivity (Wildman–Crippen MR) is 266 cm³/mol. The van der Waals surface area contributed by atoms with Gasteiger partial charge >= 0.3 is 0 Å². The van der Waals surface area contributed by atoms with Crippen LogP contribution < -0.4 is 27.4 Å². The van der Waals surface area contributed by atoms with E-state index in [1.807, 2.05) is 0 Å². The van der Waals surface area contributed by atoms with Gasteiger partial charge in [-0.2, -0.15) is 0 Å². The van der Waals surface area contributed by atoms with Crippen LogP contribution in [0.1, 0.15) is 213 Å². The maximum atomic E-state index is 13.4. The lowest BCUT2D eigenvalue weighted by molar-refractivity contribution is -0.895. The van der Waals surface area contributed by atoms with Gasteiger partial charge in [-0.15, -0.1) is 0 Å². The van der Waals surface area contributed by atoms with Gasteiger partial charge in [-0.1, -0.05) is 154 Å². The number of allylic oxidation sites excluding steroid dienone is 4. The number of quaternary nitrogens is 1. The standard InChI is InChI=1S/C52H106N6O3/c1-5-7-9-11-13-15-17-19-21-23-25-27-29-31-33-35-45-60-48-50(61-46-36-34-32-30-28-26-24-22-20-18-16-14-12-10-8-6-2)47-58(3,4)49-57-52(59)51(56-43-38-41-54)39-44-55-42-37-40-53/h19-22,50-51,55-56H,5-18,23-49,53-54H2,1-4H3/p+1. The number of nitrogens with two attached hydrogens (primary N) is 2. The molecule has 0 aromatic carbocycles. The first-order valence-corrected chi connectivity index (χ1v) is 26.3. The SMILES string of the molecule is CCCCCCCCC=CCCCCCCCCOCC(C[N+](C)(C)CNC(=O)C(CCNCCCN)NCCCN)OCCCCCCCCC=CCCCCCCCC. The van der Waals surface area contributed by atoms with Crippen LogP contribution in [-0.2, 0) is 14.3 Å². The Bertz CT molecular complexity index is 948. The first-order chi connectivity index (χ1) is 29.9. The van der Waals surface area contributed by atoms with Crippen molar-refractivity contribution < 1.29 is 18.8 Å². The molecule has 7 N–H and O–H groups in total. The minimum atomic E-state index is -0.254. The molecule has 0 radical (unpaired) electrons. The highest BCUT2D eigenvalue weighted by Crippen LogP contribution is 2.13. The second kappa shape index (κ2) is 48.1. The summed E-state index contributed by atoms with van der Waals surface area (Å²) in [6.45, 7) is 11.7. The number of hydrogen-bond donors (Lipinski definition) is 5. The van der Waals surface area contributed by atoms with Gasteiger partial charge in [0.1, 0.15) is 12.6 Å². The van der Waals surface area contributed by atoms with Crippen LogP contribution in [0.2, 0.25) is 0 Å². The zero-order valence-electron chi connectivity index (χ0n) is 41.3. The number of nitrogens with one attached hydrogen (secondary N) is 3. The van der Waals surface area contributed by atoms with Gasteiger partial charge in [0.25, 0.3) is 0 Å². The fourth-order valence-electron chi connectivity index (χ4n) is 7.75. The number of hydrogen-bond acceptors (Lipinski definition) is 7. The highest BCUT2D eigenvalue weighted by atomic mass is 16.5. The van der Waals surface area contributed by atoms with Crippen LogP contribution in [0, 0.1) is 0 Å². The second-order valence-corrected chi connectivity index (χ2v) is 18.6. The first-order valence-electron chi connectivity index (χ1n) is 26.3. The molecule has 0 spiro atoms. The van der Waals surface area contributed by atoms with E-state index in [-0.39, 0.29) is 18.1 Å². The molecule has 9 heteroatoms. The lowest BCUT2D eigenvalue weighted by Gasteiger charge is -2.34. The highest BCUT2D eigenvalue weighted by Gasteiger charge is 2.26. The summed E-state index contributed by atoms with van der Waals surface area (Å²) in [5.74, 6) is 0.0433. The molecule has 0 rings (SSSR count). The Kier molecular flexibility index (Phi) is 47.1. The van der Waals surface area contributed by atoms with Crippen LogP contribution in [-0.4, -0.2) is 102 Å². The van der Waals surface area contributed by atoms with Crippen molar-refractivity contribution in [3.05, 3.63) is 24.3 Å². The van der Waals surface area contributed by atoms with Crippen LogP contribution in [0.3, 0.4) is 0 Å². The van der Waals surface area contributed by atoms with Gasteiger partial charge in [-0.05, 0) is 116 Å². The summed E-state index contributed by atoms with van der Waals surface area (Å²) in [7, 11) is 4.36. The summed E-state index contributed by atoms with van der Waals surface area (Å²) in [6.07, 6.45) is 48.7. The highest BCUT2D eigenvalue weighted by molar-refractivity contribution is 5.81. The first kappa shape index (κ1) is 59.7. The third-order valence-electron chi connectivity index (χ3n) is 11.7. The van der Waals surface area contributed by atoms with Crippen molar-refractivity contribution >= 4 is 5.91 Å². The molecule has 2 unspecified atom stereocenters. The molecule has 0 aromatic rings. The van der Waals surface area contributed by atoms with E-state index < -0.39 is 0 Å². The summed E-state index contributed by atoms with van der Waals surface area (Å²) in [4.78, 5) is 13.4. The average molecular weight is 864 g/mol. The minimum absolute atomic E-state index is 0.00522. The van der Waals surface area contributed by atoms with Crippen LogP contribution in [0.5, 0.6) is 0 Å². The van der Waals surface area contributed by atoms with Gasteiger partial charge in [0.15, 0.2) is 6.67 Å². The minimum Gasteiger partial charge on any atom is -0.379 e. The fraction of sp³-hybridized carbons (Fsp3) is 0.904. The monoisotopic (exact) mass is 864 g/mol. The van der Waals surface area contributed by atoms with Crippen molar-refractivity contribution in [2.45, 2.75) is 225 Å². The van der Waals surface area contributed by atoms with Gasteiger partial charge in [0.2, 0.25) is 5.91 Å². The van der Waals surface area contributed by atoms with Crippen molar-refractivity contribution in [2.75, 3.05) is 79.9 Å². The molecule has 2 atom stereocenters. The Hall–Kier alpha value is -1.33. The molecular formula is C52H107N6O3+.